The van der Waals surface area contributed by atoms with E-state index in [-0.39, 0.29) is 0 Å². The van der Waals surface area contributed by atoms with Crippen LogP contribution in [0, 0.1) is 5.92 Å². The second kappa shape index (κ2) is 4.43. The molecule has 0 amide bonds. The van der Waals surface area contributed by atoms with Crippen molar-refractivity contribution < 1.29 is 14.3 Å². The quantitative estimate of drug-likeness (QED) is 0.622. The van der Waals surface area contributed by atoms with Crippen LogP contribution in [0.5, 0.6) is 5.75 Å². The van der Waals surface area contributed by atoms with E-state index in [0.717, 1.165) is 12.8 Å². The third-order valence-electron chi connectivity index (χ3n) is 2.63. The molecule has 16 heavy (non-hydrogen) atoms. The van der Waals surface area contributed by atoms with Crippen LogP contribution in [-0.2, 0) is 4.74 Å². The molecule has 1 aromatic rings. The molecule has 1 aromatic carbocycles. The van der Waals surface area contributed by atoms with E-state index >= 15 is 0 Å². The highest BCUT2D eigenvalue weighted by atomic mass is 16.5. The Hall–Kier alpha value is -1.71. The monoisotopic (exact) mass is 221 g/mol. The minimum atomic E-state index is -0.401. The molecule has 0 heterocycles. The van der Waals surface area contributed by atoms with E-state index < -0.39 is 5.97 Å². The summed E-state index contributed by atoms with van der Waals surface area (Å²) in [7, 11) is 1.51. The zero-order valence-corrected chi connectivity index (χ0v) is 9.23. The van der Waals surface area contributed by atoms with Crippen LogP contribution in [0.3, 0.4) is 0 Å². The lowest BCUT2D eigenvalue weighted by molar-refractivity contribution is 0.0484. The van der Waals surface area contributed by atoms with Gasteiger partial charge in [0, 0.05) is 5.69 Å². The number of benzene rings is 1. The summed E-state index contributed by atoms with van der Waals surface area (Å²) in [4.78, 5) is 11.8. The number of carbonyl (C=O) groups excluding carboxylic acids is 1. The highest BCUT2D eigenvalue weighted by Crippen LogP contribution is 2.30. The summed E-state index contributed by atoms with van der Waals surface area (Å²) in [5.41, 5.74) is 6.45. The van der Waals surface area contributed by atoms with Gasteiger partial charge in [-0.2, -0.15) is 0 Å². The second-order valence-corrected chi connectivity index (χ2v) is 3.97. The molecule has 2 N–H and O–H groups in total. The number of methoxy groups -OCH3 is 1. The molecule has 0 aromatic heterocycles. The summed E-state index contributed by atoms with van der Waals surface area (Å²) in [6.07, 6.45) is 2.30. The van der Waals surface area contributed by atoms with Gasteiger partial charge in [-0.05, 0) is 30.9 Å². The van der Waals surface area contributed by atoms with Crippen molar-refractivity contribution in [3.05, 3.63) is 23.8 Å². The number of anilines is 1. The Morgan fingerprint density at radius 1 is 1.50 bits per heavy atom. The van der Waals surface area contributed by atoms with Gasteiger partial charge in [-0.3, -0.25) is 0 Å². The summed E-state index contributed by atoms with van der Waals surface area (Å²) < 4.78 is 10.3. The first-order valence-corrected chi connectivity index (χ1v) is 5.32. The second-order valence-electron chi connectivity index (χ2n) is 3.97. The van der Waals surface area contributed by atoms with E-state index in [1.807, 2.05) is 0 Å². The van der Waals surface area contributed by atoms with Crippen LogP contribution in [0.2, 0.25) is 0 Å². The Labute approximate surface area is 94.3 Å². The molecule has 1 fully saturated rings. The minimum absolute atomic E-state index is 0.325. The van der Waals surface area contributed by atoms with E-state index in [4.69, 9.17) is 15.2 Å². The number of hydrogen-bond donors (Lipinski definition) is 1. The van der Waals surface area contributed by atoms with Crippen LogP contribution >= 0.6 is 0 Å². The van der Waals surface area contributed by atoms with Crippen molar-refractivity contribution in [2.75, 3.05) is 19.5 Å². The van der Waals surface area contributed by atoms with Crippen molar-refractivity contribution in [1.82, 2.24) is 0 Å². The van der Waals surface area contributed by atoms with Crippen LogP contribution in [0.25, 0.3) is 0 Å². The molecule has 0 atom stereocenters. The highest BCUT2D eigenvalue weighted by Gasteiger charge is 2.25. The van der Waals surface area contributed by atoms with Gasteiger partial charge in [0.25, 0.3) is 0 Å². The van der Waals surface area contributed by atoms with Gasteiger partial charge >= 0.3 is 5.97 Å². The molecule has 1 saturated carbocycles. The van der Waals surface area contributed by atoms with Crippen molar-refractivity contribution >= 4 is 11.7 Å². The van der Waals surface area contributed by atoms with Crippen molar-refractivity contribution in [2.45, 2.75) is 12.8 Å². The average Bonchev–Trinajstić information content (AvgIpc) is 3.09. The van der Waals surface area contributed by atoms with E-state index in [1.54, 1.807) is 18.2 Å². The number of nitrogen functional groups attached to an aromatic ring is 1. The number of nitrogens with two attached hydrogens (primary N) is 1. The zero-order chi connectivity index (χ0) is 11.5. The summed E-state index contributed by atoms with van der Waals surface area (Å²) in [6, 6.07) is 5.10. The lowest BCUT2D eigenvalue weighted by Crippen LogP contribution is -2.11. The van der Waals surface area contributed by atoms with Crippen LogP contribution in [0.4, 0.5) is 5.69 Å². The lowest BCUT2D eigenvalue weighted by Gasteiger charge is -2.10. The zero-order valence-electron chi connectivity index (χ0n) is 9.23. The molecule has 2 rings (SSSR count). The SMILES string of the molecule is COc1cccc(N)c1C(=O)OCC1CC1. The topological polar surface area (TPSA) is 61.5 Å². The summed E-state index contributed by atoms with van der Waals surface area (Å²) >= 11 is 0. The fourth-order valence-corrected chi connectivity index (χ4v) is 1.49. The van der Waals surface area contributed by atoms with Crippen LogP contribution < -0.4 is 10.5 Å². The van der Waals surface area contributed by atoms with Gasteiger partial charge in [-0.15, -0.1) is 0 Å². The molecular formula is C12H15NO3. The molecule has 4 heteroatoms. The van der Waals surface area contributed by atoms with E-state index in [2.05, 4.69) is 0 Å². The van der Waals surface area contributed by atoms with Crippen molar-refractivity contribution in [3.8, 4) is 5.75 Å². The smallest absolute Gasteiger partial charge is 0.344 e. The Morgan fingerprint density at radius 2 is 2.25 bits per heavy atom. The van der Waals surface area contributed by atoms with E-state index in [9.17, 15) is 4.79 Å². The largest absolute Gasteiger partial charge is 0.496 e. The molecule has 0 radical (unpaired) electrons. The van der Waals surface area contributed by atoms with Gasteiger partial charge < -0.3 is 15.2 Å². The Bertz CT molecular complexity index is 399. The average molecular weight is 221 g/mol. The summed E-state index contributed by atoms with van der Waals surface area (Å²) in [5.74, 6) is 0.600. The molecule has 86 valence electrons. The third kappa shape index (κ3) is 2.27. The summed E-state index contributed by atoms with van der Waals surface area (Å²) in [6.45, 7) is 0.482. The summed E-state index contributed by atoms with van der Waals surface area (Å²) in [5, 5.41) is 0. The third-order valence-corrected chi connectivity index (χ3v) is 2.63. The molecule has 1 aliphatic rings. The maximum absolute atomic E-state index is 11.8. The van der Waals surface area contributed by atoms with Crippen LogP contribution in [0.1, 0.15) is 23.2 Å². The van der Waals surface area contributed by atoms with Crippen molar-refractivity contribution in [1.29, 1.82) is 0 Å². The Balaban J connectivity index is 2.13. The standard InChI is InChI=1S/C12H15NO3/c1-15-10-4-2-3-9(13)11(10)12(14)16-7-8-5-6-8/h2-4,8H,5-7,13H2,1H3. The molecule has 0 unspecified atom stereocenters. The number of hydrogen-bond acceptors (Lipinski definition) is 4. The maximum atomic E-state index is 11.8. The van der Waals surface area contributed by atoms with Crippen molar-refractivity contribution in [3.63, 3.8) is 0 Å². The molecule has 0 bridgehead atoms. The fourth-order valence-electron chi connectivity index (χ4n) is 1.49. The number of carbonyl (C=O) groups is 1. The molecular weight excluding hydrogens is 206 g/mol. The Morgan fingerprint density at radius 3 is 2.88 bits per heavy atom. The molecule has 1 aliphatic carbocycles. The lowest BCUT2D eigenvalue weighted by atomic mass is 10.1. The van der Waals surface area contributed by atoms with E-state index in [0.29, 0.717) is 29.5 Å². The van der Waals surface area contributed by atoms with Gasteiger partial charge in [-0.1, -0.05) is 6.07 Å². The van der Waals surface area contributed by atoms with Gasteiger partial charge in [0.1, 0.15) is 11.3 Å². The normalized spacial score (nSPS) is 14.6. The first-order chi connectivity index (χ1) is 7.72. The predicted molar refractivity (Wildman–Crippen MR) is 60.4 cm³/mol. The first-order valence-electron chi connectivity index (χ1n) is 5.32. The first kappa shape index (κ1) is 10.8. The van der Waals surface area contributed by atoms with Gasteiger partial charge in [0.2, 0.25) is 0 Å². The van der Waals surface area contributed by atoms with Gasteiger partial charge in [-0.25, -0.2) is 4.79 Å². The van der Waals surface area contributed by atoms with Crippen molar-refractivity contribution in [2.24, 2.45) is 5.92 Å². The number of rotatable bonds is 4. The number of ether oxygens (including phenoxy) is 2. The fraction of sp³-hybridized carbons (Fsp3) is 0.417. The number of esters is 1. The predicted octanol–water partition coefficient (Wildman–Crippen LogP) is 1.84. The van der Waals surface area contributed by atoms with Crippen LogP contribution in [0.15, 0.2) is 18.2 Å². The molecule has 4 nitrogen and oxygen atoms in total. The highest BCUT2D eigenvalue weighted by molar-refractivity contribution is 5.98. The maximum Gasteiger partial charge on any atom is 0.344 e. The van der Waals surface area contributed by atoms with Gasteiger partial charge in [0.05, 0.1) is 13.7 Å². The van der Waals surface area contributed by atoms with Crippen LogP contribution in [-0.4, -0.2) is 19.7 Å². The molecule has 0 spiro atoms. The molecule has 0 aliphatic heterocycles. The minimum Gasteiger partial charge on any atom is -0.496 e. The van der Waals surface area contributed by atoms with E-state index in [1.165, 1.54) is 7.11 Å². The molecule has 0 saturated heterocycles. The van der Waals surface area contributed by atoms with Gasteiger partial charge in [0.15, 0.2) is 0 Å². The Kier molecular flexibility index (Phi) is 2.99.